The molecular weight excluding hydrogens is 315 g/mol. The minimum atomic E-state index is -1.36. The van der Waals surface area contributed by atoms with Gasteiger partial charge < -0.3 is 0 Å². The second-order valence-corrected chi connectivity index (χ2v) is 6.62. The Hall–Kier alpha value is -1.16. The van der Waals surface area contributed by atoms with Gasteiger partial charge in [0.1, 0.15) is 0 Å². The first-order valence-corrected chi connectivity index (χ1v) is 7.98. The maximum Gasteiger partial charge on any atom is 0.175 e. The summed E-state index contributed by atoms with van der Waals surface area (Å²) in [5.41, 5.74) is 1.43. The van der Waals surface area contributed by atoms with Crippen molar-refractivity contribution in [3.05, 3.63) is 63.6 Å². The molecule has 0 heterocycles. The molecule has 2 aromatic carbocycles. The lowest BCUT2D eigenvalue weighted by molar-refractivity contribution is 0.102. The van der Waals surface area contributed by atoms with E-state index in [-0.39, 0.29) is 11.5 Å². The Morgan fingerprint density at radius 1 is 1.10 bits per heavy atom. The van der Waals surface area contributed by atoms with E-state index in [1.165, 1.54) is 6.07 Å². The third-order valence-electron chi connectivity index (χ3n) is 2.76. The number of halogens is 2. The molecule has 0 bridgehead atoms. The third kappa shape index (κ3) is 3.69. The molecule has 0 aromatic heterocycles. The minimum Gasteiger partial charge on any atom is -0.293 e. The number of hydrogen-bond donors (Lipinski definition) is 0. The Bertz CT molecular complexity index is 683. The number of rotatable bonds is 4. The first-order chi connectivity index (χ1) is 9.47. The van der Waals surface area contributed by atoms with Crippen molar-refractivity contribution in [3.8, 4) is 0 Å². The average Bonchev–Trinajstić information content (AvgIpc) is 2.41. The summed E-state index contributed by atoms with van der Waals surface area (Å²) >= 11 is 11.7. The van der Waals surface area contributed by atoms with Crippen molar-refractivity contribution in [3.63, 3.8) is 0 Å². The van der Waals surface area contributed by atoms with Crippen LogP contribution in [-0.4, -0.2) is 15.7 Å². The molecule has 0 radical (unpaired) electrons. The van der Waals surface area contributed by atoms with E-state index in [9.17, 15) is 9.00 Å². The highest BCUT2D eigenvalue weighted by Gasteiger charge is 2.13. The molecule has 2 nitrogen and oxygen atoms in total. The number of hydrogen-bond acceptors (Lipinski definition) is 2. The van der Waals surface area contributed by atoms with E-state index in [2.05, 4.69) is 0 Å². The minimum absolute atomic E-state index is 0.0680. The Morgan fingerprint density at radius 2 is 1.85 bits per heavy atom. The first-order valence-electron chi connectivity index (χ1n) is 5.90. The summed E-state index contributed by atoms with van der Waals surface area (Å²) in [6, 6.07) is 12.0. The summed E-state index contributed by atoms with van der Waals surface area (Å²) in [6.07, 6.45) is 0. The summed E-state index contributed by atoms with van der Waals surface area (Å²) < 4.78 is 12.2. The fourth-order valence-electron chi connectivity index (χ4n) is 1.71. The van der Waals surface area contributed by atoms with Crippen molar-refractivity contribution < 1.29 is 9.00 Å². The Labute approximate surface area is 130 Å². The van der Waals surface area contributed by atoms with Crippen LogP contribution in [0, 0.1) is 6.92 Å². The zero-order valence-corrected chi connectivity index (χ0v) is 13.1. The normalized spacial score (nSPS) is 12.2. The Kier molecular flexibility index (Phi) is 4.97. The van der Waals surface area contributed by atoms with Gasteiger partial charge in [0.25, 0.3) is 0 Å². The highest BCUT2D eigenvalue weighted by molar-refractivity contribution is 7.85. The van der Waals surface area contributed by atoms with E-state index in [0.29, 0.717) is 20.5 Å². The second-order valence-electron chi connectivity index (χ2n) is 4.36. The van der Waals surface area contributed by atoms with Crippen LogP contribution in [-0.2, 0) is 10.8 Å². The van der Waals surface area contributed by atoms with Gasteiger partial charge in [-0.1, -0.05) is 35.3 Å². The Balaban J connectivity index is 2.15. The molecule has 2 aromatic rings. The van der Waals surface area contributed by atoms with E-state index >= 15 is 0 Å². The summed E-state index contributed by atoms with van der Waals surface area (Å²) in [5.74, 6) is -0.287. The van der Waals surface area contributed by atoms with Crippen molar-refractivity contribution in [1.29, 1.82) is 0 Å². The standard InChI is InChI=1S/C15H12Cl2O2S/c1-10-3-2-4-12(7-10)20(19)9-15(18)11-5-6-13(16)14(17)8-11/h2-8H,9H2,1H3. The van der Waals surface area contributed by atoms with Gasteiger partial charge in [-0.2, -0.15) is 0 Å². The smallest absolute Gasteiger partial charge is 0.175 e. The predicted molar refractivity (Wildman–Crippen MR) is 83.2 cm³/mol. The number of aryl methyl sites for hydroxylation is 1. The highest BCUT2D eigenvalue weighted by Crippen LogP contribution is 2.23. The number of carbonyl (C=O) groups excluding carboxylic acids is 1. The van der Waals surface area contributed by atoms with Crippen molar-refractivity contribution in [2.75, 3.05) is 5.75 Å². The van der Waals surface area contributed by atoms with E-state index < -0.39 is 10.8 Å². The van der Waals surface area contributed by atoms with Gasteiger partial charge in [-0.05, 0) is 42.8 Å². The monoisotopic (exact) mass is 326 g/mol. The van der Waals surface area contributed by atoms with Gasteiger partial charge in [-0.15, -0.1) is 0 Å². The molecular formula is C15H12Cl2O2S. The van der Waals surface area contributed by atoms with Crippen LogP contribution in [0.5, 0.6) is 0 Å². The Morgan fingerprint density at radius 3 is 2.50 bits per heavy atom. The van der Waals surface area contributed by atoms with Crippen LogP contribution in [0.15, 0.2) is 47.4 Å². The molecule has 2 rings (SSSR count). The molecule has 1 unspecified atom stereocenters. The summed E-state index contributed by atoms with van der Waals surface area (Å²) in [7, 11) is -1.36. The van der Waals surface area contributed by atoms with Crippen molar-refractivity contribution in [1.82, 2.24) is 0 Å². The van der Waals surface area contributed by atoms with E-state index in [4.69, 9.17) is 23.2 Å². The van der Waals surface area contributed by atoms with Gasteiger partial charge in [0.15, 0.2) is 5.78 Å². The van der Waals surface area contributed by atoms with Crippen LogP contribution >= 0.6 is 23.2 Å². The zero-order valence-electron chi connectivity index (χ0n) is 10.7. The van der Waals surface area contributed by atoms with Gasteiger partial charge in [0, 0.05) is 10.5 Å². The molecule has 0 N–H and O–H groups in total. The van der Waals surface area contributed by atoms with Crippen LogP contribution in [0.25, 0.3) is 0 Å². The largest absolute Gasteiger partial charge is 0.293 e. The van der Waals surface area contributed by atoms with E-state index in [1.54, 1.807) is 18.2 Å². The number of ketones is 1. The SMILES string of the molecule is Cc1cccc(S(=O)CC(=O)c2ccc(Cl)c(Cl)c2)c1. The van der Waals surface area contributed by atoms with Gasteiger partial charge in [0.05, 0.1) is 26.6 Å². The molecule has 0 aliphatic carbocycles. The lowest BCUT2D eigenvalue weighted by Gasteiger charge is -2.04. The molecule has 0 amide bonds. The quantitative estimate of drug-likeness (QED) is 0.785. The molecule has 0 fully saturated rings. The number of carbonyl (C=O) groups is 1. The topological polar surface area (TPSA) is 34.1 Å². The van der Waals surface area contributed by atoms with Crippen LogP contribution in [0.2, 0.25) is 10.0 Å². The van der Waals surface area contributed by atoms with Gasteiger partial charge >= 0.3 is 0 Å². The van der Waals surface area contributed by atoms with Crippen molar-refractivity contribution >= 4 is 39.8 Å². The summed E-state index contributed by atoms with van der Waals surface area (Å²) in [6.45, 7) is 1.92. The molecule has 0 saturated heterocycles. The zero-order chi connectivity index (χ0) is 14.7. The molecule has 0 aliphatic heterocycles. The first kappa shape index (κ1) is 15.2. The third-order valence-corrected chi connectivity index (χ3v) is 4.80. The molecule has 20 heavy (non-hydrogen) atoms. The summed E-state index contributed by atoms with van der Waals surface area (Å²) in [4.78, 5) is 12.7. The molecule has 0 aliphatic rings. The average molecular weight is 327 g/mol. The second kappa shape index (κ2) is 6.53. The maximum atomic E-state index is 12.2. The van der Waals surface area contributed by atoms with Crippen molar-refractivity contribution in [2.45, 2.75) is 11.8 Å². The number of Topliss-reactive ketones (excluding diaryl/α,β-unsaturated/α-hetero) is 1. The fourth-order valence-corrected chi connectivity index (χ4v) is 3.13. The fraction of sp³-hybridized carbons (Fsp3) is 0.133. The van der Waals surface area contributed by atoms with Gasteiger partial charge in [0.2, 0.25) is 0 Å². The lowest BCUT2D eigenvalue weighted by Crippen LogP contribution is -2.11. The highest BCUT2D eigenvalue weighted by atomic mass is 35.5. The van der Waals surface area contributed by atoms with Gasteiger partial charge in [-0.3, -0.25) is 9.00 Å². The lowest BCUT2D eigenvalue weighted by atomic mass is 10.1. The van der Waals surface area contributed by atoms with Crippen LogP contribution in [0.4, 0.5) is 0 Å². The molecule has 5 heteroatoms. The van der Waals surface area contributed by atoms with Crippen LogP contribution < -0.4 is 0 Å². The number of benzene rings is 2. The molecule has 1 atom stereocenters. The predicted octanol–water partition coefficient (Wildman–Crippen LogP) is 4.29. The maximum absolute atomic E-state index is 12.2. The van der Waals surface area contributed by atoms with Crippen LogP contribution in [0.1, 0.15) is 15.9 Å². The van der Waals surface area contributed by atoms with Gasteiger partial charge in [-0.25, -0.2) is 0 Å². The summed E-state index contributed by atoms with van der Waals surface area (Å²) in [5, 5.41) is 0.710. The molecule has 104 valence electrons. The van der Waals surface area contributed by atoms with Crippen molar-refractivity contribution in [2.24, 2.45) is 0 Å². The van der Waals surface area contributed by atoms with Crippen LogP contribution in [0.3, 0.4) is 0 Å². The van der Waals surface area contributed by atoms with E-state index in [0.717, 1.165) is 5.56 Å². The molecule has 0 saturated carbocycles. The molecule has 0 spiro atoms. The van der Waals surface area contributed by atoms with E-state index in [1.807, 2.05) is 25.1 Å².